The van der Waals surface area contributed by atoms with Crippen molar-refractivity contribution in [1.82, 2.24) is 29.5 Å². The van der Waals surface area contributed by atoms with Gasteiger partial charge in [0.2, 0.25) is 5.95 Å². The van der Waals surface area contributed by atoms with E-state index in [1.54, 1.807) is 30.3 Å². The first-order valence-corrected chi connectivity index (χ1v) is 16.6. The summed E-state index contributed by atoms with van der Waals surface area (Å²) in [5, 5.41) is 3.82. The molecule has 0 aliphatic carbocycles. The van der Waals surface area contributed by atoms with Gasteiger partial charge in [-0.2, -0.15) is 22.9 Å². The first kappa shape index (κ1) is 35.1. The van der Waals surface area contributed by atoms with E-state index < -0.39 is 0 Å². The van der Waals surface area contributed by atoms with Crippen molar-refractivity contribution in [3.8, 4) is 62.7 Å². The van der Waals surface area contributed by atoms with Gasteiger partial charge in [-0.25, -0.2) is 15.0 Å². The summed E-state index contributed by atoms with van der Waals surface area (Å²) in [6, 6.07) is 44.4. The smallest absolute Gasteiger partial charge is 0.503 e. The fraction of sp³-hybridized carbons (Fsp3) is 0. The molecule has 0 spiro atoms. The van der Waals surface area contributed by atoms with E-state index in [9.17, 15) is 0 Å². The van der Waals surface area contributed by atoms with Crippen LogP contribution in [0.15, 0.2) is 133 Å². The summed E-state index contributed by atoms with van der Waals surface area (Å²) >= 11 is 1.52. The van der Waals surface area contributed by atoms with Gasteiger partial charge in [-0.15, -0.1) is 83.1 Å². The maximum Gasteiger partial charge on any atom is 2.00 e. The number of aromatic nitrogens is 6. The molecule has 0 radical (unpaired) electrons. The number of hydrogen-bond donors (Lipinski definition) is 0. The van der Waals surface area contributed by atoms with Crippen LogP contribution >= 0.6 is 11.3 Å². The molecule has 0 bridgehead atoms. The molecule has 0 saturated heterocycles. The molecule has 0 aliphatic heterocycles. The zero-order chi connectivity index (χ0) is 33.3. The van der Waals surface area contributed by atoms with Crippen molar-refractivity contribution in [3.05, 3.63) is 157 Å². The molecule has 11 heteroatoms. The molecule has 0 unspecified atom stereocenters. The quantitative estimate of drug-likeness (QED) is 0.111. The van der Waals surface area contributed by atoms with Gasteiger partial charge in [-0.1, -0.05) is 47.4 Å². The zero-order valence-corrected chi connectivity index (χ0v) is 31.4. The Bertz CT molecular complexity index is 2460. The number of thiazole rings is 1. The van der Waals surface area contributed by atoms with E-state index in [0.717, 1.165) is 55.6 Å². The van der Waals surface area contributed by atoms with E-state index in [2.05, 4.69) is 39.2 Å². The molecule has 5 aromatic heterocycles. The van der Waals surface area contributed by atoms with Crippen molar-refractivity contribution in [1.29, 1.82) is 0 Å². The standard InChI is InChI=1S/C41H22N6O2S.Pd.Pt/c1-3-17-42-36(11-1)27-7-5-9-30(19-27)48-32-13-15-34-35-16-14-33(49-31-10-6-8-28(20-31)37-12-2-4-18-43-37)22-40(35)47(39(34)21-32)41-44-23-29(24-45-41)38-25-50-26-46-38;;/h1-18,23-26H;;/q-4;2*+2. The monoisotopic (exact) mass is 963 g/mol. The fourth-order valence-corrected chi connectivity index (χ4v) is 6.23. The maximum absolute atomic E-state index is 6.31. The topological polar surface area (TPSA) is 87.8 Å². The second kappa shape index (κ2) is 15.5. The third-order valence-electron chi connectivity index (χ3n) is 7.96. The summed E-state index contributed by atoms with van der Waals surface area (Å²) in [5.41, 5.74) is 8.15. The van der Waals surface area contributed by atoms with Crippen LogP contribution in [-0.2, 0) is 41.5 Å². The predicted octanol–water partition coefficient (Wildman–Crippen LogP) is 9.60. The SMILES string of the molecule is [Pd+2].[Pt+2].[c-]1c(Oc2[c-]c3c(cc2)c2ccc(Oc4[c-]c(-c5ccccn5)ccc4)[c-]c2n3-c2ncc(-c3cscn3)cn2)cccc1-c1ccccn1. The molecule has 52 heavy (non-hydrogen) atoms. The number of hydrogen-bond acceptors (Lipinski definition) is 8. The molecule has 0 fully saturated rings. The van der Waals surface area contributed by atoms with Crippen LogP contribution in [0.5, 0.6) is 23.0 Å². The molecule has 9 rings (SSSR count). The van der Waals surface area contributed by atoms with Crippen molar-refractivity contribution >= 4 is 33.1 Å². The van der Waals surface area contributed by atoms with Crippen molar-refractivity contribution in [2.75, 3.05) is 0 Å². The van der Waals surface area contributed by atoms with E-state index >= 15 is 0 Å². The van der Waals surface area contributed by atoms with Crippen LogP contribution in [0.3, 0.4) is 0 Å². The number of rotatable bonds is 8. The van der Waals surface area contributed by atoms with Gasteiger partial charge >= 0.3 is 41.5 Å². The zero-order valence-electron chi connectivity index (χ0n) is 26.7. The first-order chi connectivity index (χ1) is 24.7. The van der Waals surface area contributed by atoms with Gasteiger partial charge in [0.25, 0.3) is 0 Å². The average Bonchev–Trinajstić information content (AvgIpc) is 3.83. The Hall–Kier alpha value is -5.36. The van der Waals surface area contributed by atoms with Crippen molar-refractivity contribution in [3.63, 3.8) is 0 Å². The maximum atomic E-state index is 6.31. The van der Waals surface area contributed by atoms with Gasteiger partial charge in [0.15, 0.2) is 0 Å². The number of benzene rings is 4. The van der Waals surface area contributed by atoms with E-state index in [4.69, 9.17) is 19.4 Å². The summed E-state index contributed by atoms with van der Waals surface area (Å²) in [7, 11) is 0. The summed E-state index contributed by atoms with van der Waals surface area (Å²) < 4.78 is 14.5. The molecular formula is C41H22N6O2PdPtS. The Labute approximate surface area is 331 Å². The molecular weight excluding hydrogens is 942 g/mol. The van der Waals surface area contributed by atoms with E-state index in [1.165, 1.54) is 11.3 Å². The first-order valence-electron chi connectivity index (χ1n) is 15.6. The molecule has 254 valence electrons. The van der Waals surface area contributed by atoms with Gasteiger partial charge in [0.05, 0.1) is 11.2 Å². The second-order valence-corrected chi connectivity index (χ2v) is 11.9. The Morgan fingerprint density at radius 2 is 1.06 bits per heavy atom. The summed E-state index contributed by atoms with van der Waals surface area (Å²) in [5.74, 6) is 2.54. The number of fused-ring (bicyclic) bond motifs is 3. The third kappa shape index (κ3) is 7.07. The van der Waals surface area contributed by atoms with Crippen LogP contribution in [0.25, 0.3) is 61.5 Å². The normalized spacial score (nSPS) is 10.8. The van der Waals surface area contributed by atoms with Crippen molar-refractivity contribution < 1.29 is 51.0 Å². The average molecular weight is 964 g/mol. The number of nitrogens with zero attached hydrogens (tertiary/aromatic N) is 6. The summed E-state index contributed by atoms with van der Waals surface area (Å²) in [6.45, 7) is 0. The van der Waals surface area contributed by atoms with Crippen LogP contribution < -0.4 is 9.47 Å². The summed E-state index contributed by atoms with van der Waals surface area (Å²) in [4.78, 5) is 22.8. The molecule has 0 saturated carbocycles. The second-order valence-electron chi connectivity index (χ2n) is 11.1. The van der Waals surface area contributed by atoms with Crippen LogP contribution in [-0.4, -0.2) is 29.5 Å². The van der Waals surface area contributed by atoms with Crippen LogP contribution in [0.2, 0.25) is 0 Å². The van der Waals surface area contributed by atoms with Gasteiger partial charge in [0.1, 0.15) is 0 Å². The molecule has 4 aromatic carbocycles. The minimum Gasteiger partial charge on any atom is -0.503 e. The molecule has 5 heterocycles. The van der Waals surface area contributed by atoms with E-state index in [0.29, 0.717) is 28.9 Å². The number of pyridine rings is 2. The molecule has 0 amide bonds. The summed E-state index contributed by atoms with van der Waals surface area (Å²) in [6.07, 6.45) is 7.05. The molecule has 0 atom stereocenters. The van der Waals surface area contributed by atoms with E-state index in [-0.39, 0.29) is 41.5 Å². The van der Waals surface area contributed by atoms with Crippen LogP contribution in [0.1, 0.15) is 0 Å². The Balaban J connectivity index is 0.00000210. The largest absolute Gasteiger partial charge is 2.00 e. The molecule has 8 nitrogen and oxygen atoms in total. The van der Waals surface area contributed by atoms with Crippen LogP contribution in [0, 0.1) is 24.3 Å². The van der Waals surface area contributed by atoms with Crippen LogP contribution in [0.4, 0.5) is 0 Å². The van der Waals surface area contributed by atoms with Crippen molar-refractivity contribution in [2.45, 2.75) is 0 Å². The minimum absolute atomic E-state index is 0. The Morgan fingerprint density at radius 3 is 1.54 bits per heavy atom. The molecule has 0 N–H and O–H groups in total. The number of ether oxygens (including phenoxy) is 2. The van der Waals surface area contributed by atoms with Gasteiger partial charge in [-0.3, -0.25) is 0 Å². The minimum atomic E-state index is 0. The molecule has 0 aliphatic rings. The Kier molecular flexibility index (Phi) is 10.4. The predicted molar refractivity (Wildman–Crippen MR) is 192 cm³/mol. The van der Waals surface area contributed by atoms with Gasteiger partial charge < -0.3 is 24.0 Å². The van der Waals surface area contributed by atoms with Crippen molar-refractivity contribution in [2.24, 2.45) is 0 Å². The van der Waals surface area contributed by atoms with Gasteiger partial charge in [-0.05, 0) is 23.5 Å². The van der Waals surface area contributed by atoms with E-state index in [1.807, 2.05) is 107 Å². The van der Waals surface area contributed by atoms with Gasteiger partial charge in [0, 0.05) is 58.7 Å². The Morgan fingerprint density at radius 1 is 0.519 bits per heavy atom. The fourth-order valence-electron chi connectivity index (χ4n) is 5.66. The molecule has 9 aromatic rings. The third-order valence-corrected chi connectivity index (χ3v) is 8.54.